The highest BCUT2D eigenvalue weighted by molar-refractivity contribution is 5.74. The van der Waals surface area contributed by atoms with E-state index >= 15 is 0 Å². The maximum absolute atomic E-state index is 12.4. The first kappa shape index (κ1) is 15.4. The van der Waals surface area contributed by atoms with Gasteiger partial charge in [-0.05, 0) is 45.0 Å². The lowest BCUT2D eigenvalue weighted by Gasteiger charge is -2.34. The van der Waals surface area contributed by atoms with E-state index in [1.165, 1.54) is 12.8 Å². The van der Waals surface area contributed by atoms with Crippen LogP contribution in [0.2, 0.25) is 0 Å². The lowest BCUT2D eigenvalue weighted by atomic mass is 10.2. The Morgan fingerprint density at radius 3 is 2.91 bits per heavy atom. The molecule has 0 bridgehead atoms. The van der Waals surface area contributed by atoms with E-state index in [1.54, 1.807) is 6.26 Å². The number of nitrogens with one attached hydrogen (secondary N) is 1. The summed E-state index contributed by atoms with van der Waals surface area (Å²) in [5.41, 5.74) is 0. The first-order chi connectivity index (χ1) is 10.8. The van der Waals surface area contributed by atoms with Crippen LogP contribution in [0, 0.1) is 0 Å². The summed E-state index contributed by atoms with van der Waals surface area (Å²) >= 11 is 0. The van der Waals surface area contributed by atoms with Crippen molar-refractivity contribution in [2.45, 2.75) is 31.8 Å². The van der Waals surface area contributed by atoms with Crippen LogP contribution in [0.4, 0.5) is 4.79 Å². The summed E-state index contributed by atoms with van der Waals surface area (Å²) in [4.78, 5) is 16.7. The number of amides is 2. The average molecular weight is 307 g/mol. The standard InChI is InChI=1S/C16H25N3O3/c1-13-12-21-10-8-19(13)16(20)17-11-14(15-5-4-9-22-15)18-6-2-3-7-18/h4-5,9,13-14H,2-3,6-8,10-12H2,1H3,(H,17,20)/t13-,14-/m0/s1. The maximum atomic E-state index is 12.4. The van der Waals surface area contributed by atoms with Gasteiger partial charge in [-0.1, -0.05) is 0 Å². The zero-order chi connectivity index (χ0) is 15.4. The quantitative estimate of drug-likeness (QED) is 0.922. The average Bonchev–Trinajstić information content (AvgIpc) is 3.21. The number of morpholine rings is 1. The van der Waals surface area contributed by atoms with Crippen molar-refractivity contribution in [2.24, 2.45) is 0 Å². The van der Waals surface area contributed by atoms with Gasteiger partial charge in [-0.2, -0.15) is 0 Å². The van der Waals surface area contributed by atoms with E-state index in [0.29, 0.717) is 26.3 Å². The van der Waals surface area contributed by atoms with Gasteiger partial charge in [-0.25, -0.2) is 4.79 Å². The monoisotopic (exact) mass is 307 g/mol. The summed E-state index contributed by atoms with van der Waals surface area (Å²) in [6, 6.07) is 4.14. The van der Waals surface area contributed by atoms with Crippen LogP contribution in [-0.4, -0.2) is 61.3 Å². The van der Waals surface area contributed by atoms with Crippen LogP contribution < -0.4 is 5.32 Å². The van der Waals surface area contributed by atoms with E-state index in [9.17, 15) is 4.79 Å². The molecule has 0 saturated carbocycles. The highest BCUT2D eigenvalue weighted by Crippen LogP contribution is 2.25. The minimum Gasteiger partial charge on any atom is -0.468 e. The van der Waals surface area contributed by atoms with Gasteiger partial charge in [0.1, 0.15) is 5.76 Å². The second-order valence-electron chi connectivity index (χ2n) is 6.08. The Bertz CT molecular complexity index is 471. The van der Waals surface area contributed by atoms with Gasteiger partial charge in [0.15, 0.2) is 0 Å². The van der Waals surface area contributed by atoms with Gasteiger partial charge >= 0.3 is 6.03 Å². The Morgan fingerprint density at radius 2 is 2.23 bits per heavy atom. The highest BCUT2D eigenvalue weighted by Gasteiger charge is 2.28. The fourth-order valence-corrected chi connectivity index (χ4v) is 3.26. The summed E-state index contributed by atoms with van der Waals surface area (Å²) in [6.45, 7) is 6.61. The molecule has 3 heterocycles. The molecule has 1 aromatic rings. The lowest BCUT2D eigenvalue weighted by molar-refractivity contribution is 0.0186. The molecule has 2 atom stereocenters. The van der Waals surface area contributed by atoms with Crippen molar-refractivity contribution in [2.75, 3.05) is 39.4 Å². The molecule has 0 aromatic carbocycles. The molecule has 0 unspecified atom stereocenters. The van der Waals surface area contributed by atoms with Gasteiger partial charge in [0.2, 0.25) is 0 Å². The molecule has 22 heavy (non-hydrogen) atoms. The van der Waals surface area contributed by atoms with Crippen molar-refractivity contribution >= 4 is 6.03 Å². The highest BCUT2D eigenvalue weighted by atomic mass is 16.5. The summed E-state index contributed by atoms with van der Waals surface area (Å²) in [6.07, 6.45) is 4.13. The number of rotatable bonds is 4. The van der Waals surface area contributed by atoms with Crippen molar-refractivity contribution in [3.05, 3.63) is 24.2 Å². The Kier molecular flexibility index (Phi) is 5.00. The number of likely N-dealkylation sites (tertiary alicyclic amines) is 1. The molecule has 0 aliphatic carbocycles. The van der Waals surface area contributed by atoms with Gasteiger partial charge < -0.3 is 19.4 Å². The number of nitrogens with zero attached hydrogens (tertiary/aromatic N) is 2. The molecular weight excluding hydrogens is 282 g/mol. The summed E-state index contributed by atoms with van der Waals surface area (Å²) in [5.74, 6) is 0.928. The predicted octanol–water partition coefficient (Wildman–Crippen LogP) is 1.85. The Morgan fingerprint density at radius 1 is 1.41 bits per heavy atom. The van der Waals surface area contributed by atoms with Crippen LogP contribution in [0.1, 0.15) is 31.6 Å². The second-order valence-corrected chi connectivity index (χ2v) is 6.08. The third kappa shape index (κ3) is 3.44. The number of carbonyl (C=O) groups excluding carboxylic acids is 1. The van der Waals surface area contributed by atoms with Crippen LogP contribution in [0.3, 0.4) is 0 Å². The van der Waals surface area contributed by atoms with Crippen LogP contribution in [0.25, 0.3) is 0 Å². The number of carbonyl (C=O) groups is 1. The molecule has 2 aliphatic heterocycles. The Labute approximate surface area is 131 Å². The molecular formula is C16H25N3O3. The number of ether oxygens (including phenoxy) is 1. The maximum Gasteiger partial charge on any atom is 0.317 e. The van der Waals surface area contributed by atoms with Gasteiger partial charge in [0.25, 0.3) is 0 Å². The predicted molar refractivity (Wildman–Crippen MR) is 82.6 cm³/mol. The van der Waals surface area contributed by atoms with Crippen molar-refractivity contribution in [1.82, 2.24) is 15.1 Å². The van der Waals surface area contributed by atoms with Gasteiger partial charge in [0.05, 0.1) is 31.6 Å². The van der Waals surface area contributed by atoms with Crippen LogP contribution in [0.5, 0.6) is 0 Å². The van der Waals surface area contributed by atoms with Gasteiger partial charge in [-0.3, -0.25) is 4.90 Å². The van der Waals surface area contributed by atoms with Crippen molar-refractivity contribution in [1.29, 1.82) is 0 Å². The molecule has 1 aromatic heterocycles. The van der Waals surface area contributed by atoms with Crippen LogP contribution in [0.15, 0.2) is 22.8 Å². The van der Waals surface area contributed by atoms with Crippen LogP contribution >= 0.6 is 0 Å². The molecule has 2 aliphatic rings. The van der Waals surface area contributed by atoms with Crippen molar-refractivity contribution < 1.29 is 13.9 Å². The van der Waals surface area contributed by atoms with E-state index in [4.69, 9.17) is 9.15 Å². The molecule has 0 spiro atoms. The van der Waals surface area contributed by atoms with Crippen LogP contribution in [-0.2, 0) is 4.74 Å². The smallest absolute Gasteiger partial charge is 0.317 e. The Balaban J connectivity index is 1.60. The van der Waals surface area contributed by atoms with E-state index in [0.717, 1.165) is 18.8 Å². The molecule has 6 heteroatoms. The minimum atomic E-state index is -0.00782. The van der Waals surface area contributed by atoms with Crippen molar-refractivity contribution in [3.8, 4) is 0 Å². The fourth-order valence-electron chi connectivity index (χ4n) is 3.26. The fraction of sp³-hybridized carbons (Fsp3) is 0.688. The number of furan rings is 1. The van der Waals surface area contributed by atoms with Crippen molar-refractivity contribution in [3.63, 3.8) is 0 Å². The van der Waals surface area contributed by atoms with E-state index in [1.807, 2.05) is 24.0 Å². The van der Waals surface area contributed by atoms with E-state index in [-0.39, 0.29) is 18.1 Å². The molecule has 0 radical (unpaired) electrons. The molecule has 122 valence electrons. The van der Waals surface area contributed by atoms with Gasteiger partial charge in [-0.15, -0.1) is 0 Å². The molecule has 2 fully saturated rings. The molecule has 6 nitrogen and oxygen atoms in total. The first-order valence-corrected chi connectivity index (χ1v) is 8.15. The SMILES string of the molecule is C[C@H]1COCCN1C(=O)NC[C@@H](c1ccco1)N1CCCC1. The van der Waals surface area contributed by atoms with E-state index in [2.05, 4.69) is 10.2 Å². The Hall–Kier alpha value is -1.53. The third-order valence-electron chi connectivity index (χ3n) is 4.53. The second kappa shape index (κ2) is 7.15. The molecule has 2 amide bonds. The normalized spacial score (nSPS) is 24.4. The zero-order valence-electron chi connectivity index (χ0n) is 13.2. The third-order valence-corrected chi connectivity index (χ3v) is 4.53. The number of hydrogen-bond acceptors (Lipinski definition) is 4. The van der Waals surface area contributed by atoms with Gasteiger partial charge in [0, 0.05) is 13.1 Å². The number of hydrogen-bond donors (Lipinski definition) is 1. The molecule has 2 saturated heterocycles. The zero-order valence-corrected chi connectivity index (χ0v) is 13.2. The lowest BCUT2D eigenvalue weighted by Crippen LogP contribution is -2.52. The molecule has 1 N–H and O–H groups in total. The number of urea groups is 1. The largest absolute Gasteiger partial charge is 0.468 e. The summed E-state index contributed by atoms with van der Waals surface area (Å²) in [5, 5.41) is 3.08. The topological polar surface area (TPSA) is 58.0 Å². The summed E-state index contributed by atoms with van der Waals surface area (Å²) < 4.78 is 11.0. The first-order valence-electron chi connectivity index (χ1n) is 8.15. The molecule has 3 rings (SSSR count). The van der Waals surface area contributed by atoms with E-state index < -0.39 is 0 Å². The minimum absolute atomic E-state index is 0.00782. The summed E-state index contributed by atoms with van der Waals surface area (Å²) in [7, 11) is 0.